The molecule has 1 N–H and O–H groups in total. The Kier molecular flexibility index (Phi) is 4.27. The number of hydrogen-bond acceptors (Lipinski definition) is 2. The highest BCUT2D eigenvalue weighted by atomic mass is 79.9. The Hall–Kier alpha value is -1.32. The van der Waals surface area contributed by atoms with Crippen LogP contribution in [-0.2, 0) is 0 Å². The fourth-order valence-corrected chi connectivity index (χ4v) is 2.39. The van der Waals surface area contributed by atoms with Gasteiger partial charge >= 0.3 is 0 Å². The average molecular weight is 321 g/mol. The van der Waals surface area contributed by atoms with E-state index in [1.807, 2.05) is 50.2 Å². The van der Waals surface area contributed by atoms with Crippen molar-refractivity contribution in [2.24, 2.45) is 0 Å². The van der Waals surface area contributed by atoms with Gasteiger partial charge in [-0.05, 0) is 42.7 Å². The van der Waals surface area contributed by atoms with E-state index in [0.29, 0.717) is 0 Å². The van der Waals surface area contributed by atoms with Crippen molar-refractivity contribution in [3.8, 4) is 5.75 Å². The second-order valence-electron chi connectivity index (χ2n) is 4.58. The zero-order valence-electron chi connectivity index (χ0n) is 11.3. The lowest BCUT2D eigenvalue weighted by Crippen LogP contribution is -2.04. The van der Waals surface area contributed by atoms with Crippen molar-refractivity contribution in [2.75, 3.05) is 7.11 Å². The molecule has 2 rings (SSSR count). The van der Waals surface area contributed by atoms with Crippen LogP contribution in [0.15, 0.2) is 40.9 Å². The van der Waals surface area contributed by atoms with Crippen molar-refractivity contribution in [2.45, 2.75) is 20.0 Å². The molecule has 0 aliphatic rings. The summed E-state index contributed by atoms with van der Waals surface area (Å²) in [5, 5.41) is 10.5. The van der Waals surface area contributed by atoms with Gasteiger partial charge in [0.2, 0.25) is 0 Å². The molecular weight excluding hydrogens is 304 g/mol. The first-order chi connectivity index (χ1) is 9.04. The van der Waals surface area contributed by atoms with Gasteiger partial charge in [0.15, 0.2) is 0 Å². The normalized spacial score (nSPS) is 12.3. The number of hydrogen-bond donors (Lipinski definition) is 1. The van der Waals surface area contributed by atoms with Gasteiger partial charge in [-0.25, -0.2) is 0 Å². The largest absolute Gasteiger partial charge is 0.496 e. The molecule has 2 nitrogen and oxygen atoms in total. The van der Waals surface area contributed by atoms with Gasteiger partial charge in [0.25, 0.3) is 0 Å². The minimum absolute atomic E-state index is 0.678. The topological polar surface area (TPSA) is 29.5 Å². The lowest BCUT2D eigenvalue weighted by molar-refractivity contribution is 0.214. The summed E-state index contributed by atoms with van der Waals surface area (Å²) >= 11 is 3.39. The molecule has 0 fully saturated rings. The SMILES string of the molecule is COc1c(C(O)c2ccc(Br)cc2)ccc(C)c1C. The third-order valence-corrected chi connectivity index (χ3v) is 3.92. The Labute approximate surface area is 122 Å². The highest BCUT2D eigenvalue weighted by molar-refractivity contribution is 9.10. The fourth-order valence-electron chi connectivity index (χ4n) is 2.12. The molecular formula is C16H17BrO2. The molecule has 0 heterocycles. The molecule has 0 saturated carbocycles. The number of halogens is 1. The van der Waals surface area contributed by atoms with Crippen LogP contribution in [0.5, 0.6) is 5.75 Å². The van der Waals surface area contributed by atoms with E-state index in [9.17, 15) is 5.11 Å². The molecule has 2 aromatic carbocycles. The molecule has 2 aromatic rings. The molecule has 0 aliphatic heterocycles. The van der Waals surface area contributed by atoms with Crippen LogP contribution < -0.4 is 4.74 Å². The van der Waals surface area contributed by atoms with Crippen LogP contribution in [0.4, 0.5) is 0 Å². The van der Waals surface area contributed by atoms with E-state index in [1.165, 1.54) is 0 Å². The predicted octanol–water partition coefficient (Wildman–Crippen LogP) is 4.16. The van der Waals surface area contributed by atoms with Crippen LogP contribution in [-0.4, -0.2) is 12.2 Å². The van der Waals surface area contributed by atoms with Crippen LogP contribution in [0.1, 0.15) is 28.4 Å². The molecule has 19 heavy (non-hydrogen) atoms. The molecule has 3 heteroatoms. The van der Waals surface area contributed by atoms with Crippen molar-refractivity contribution in [1.29, 1.82) is 0 Å². The van der Waals surface area contributed by atoms with Gasteiger partial charge < -0.3 is 9.84 Å². The summed E-state index contributed by atoms with van der Waals surface area (Å²) in [6.07, 6.45) is -0.678. The van der Waals surface area contributed by atoms with Crippen molar-refractivity contribution in [3.05, 3.63) is 63.1 Å². The van der Waals surface area contributed by atoms with Gasteiger partial charge in [-0.3, -0.25) is 0 Å². The molecule has 1 unspecified atom stereocenters. The first-order valence-electron chi connectivity index (χ1n) is 6.12. The van der Waals surface area contributed by atoms with Crippen LogP contribution in [0.25, 0.3) is 0 Å². The Bertz CT molecular complexity index is 576. The summed E-state index contributed by atoms with van der Waals surface area (Å²) in [7, 11) is 1.64. The molecule has 0 amide bonds. The van der Waals surface area contributed by atoms with Crippen LogP contribution in [0.2, 0.25) is 0 Å². The maximum Gasteiger partial charge on any atom is 0.128 e. The van der Waals surface area contributed by atoms with Crippen LogP contribution >= 0.6 is 15.9 Å². The fraction of sp³-hybridized carbons (Fsp3) is 0.250. The summed E-state index contributed by atoms with van der Waals surface area (Å²) in [5.41, 5.74) is 3.87. The van der Waals surface area contributed by atoms with Crippen LogP contribution in [0, 0.1) is 13.8 Å². The lowest BCUT2D eigenvalue weighted by Gasteiger charge is -2.18. The lowest BCUT2D eigenvalue weighted by atomic mass is 9.96. The predicted molar refractivity (Wildman–Crippen MR) is 80.7 cm³/mol. The smallest absolute Gasteiger partial charge is 0.128 e. The van der Waals surface area contributed by atoms with Gasteiger partial charge in [-0.15, -0.1) is 0 Å². The first-order valence-corrected chi connectivity index (χ1v) is 6.91. The number of aryl methyl sites for hydroxylation is 1. The Morgan fingerprint density at radius 1 is 1.05 bits per heavy atom. The minimum atomic E-state index is -0.678. The van der Waals surface area contributed by atoms with E-state index in [4.69, 9.17) is 4.74 Å². The van der Waals surface area contributed by atoms with Crippen molar-refractivity contribution in [3.63, 3.8) is 0 Å². The molecule has 0 aliphatic carbocycles. The van der Waals surface area contributed by atoms with E-state index in [1.54, 1.807) is 7.11 Å². The summed E-state index contributed by atoms with van der Waals surface area (Å²) in [4.78, 5) is 0. The number of benzene rings is 2. The van der Waals surface area contributed by atoms with Crippen molar-refractivity contribution in [1.82, 2.24) is 0 Å². The highest BCUT2D eigenvalue weighted by Crippen LogP contribution is 2.34. The van der Waals surface area contributed by atoms with E-state index in [0.717, 1.165) is 32.5 Å². The van der Waals surface area contributed by atoms with Crippen molar-refractivity contribution < 1.29 is 9.84 Å². The van der Waals surface area contributed by atoms with E-state index < -0.39 is 6.10 Å². The third-order valence-electron chi connectivity index (χ3n) is 3.39. The Morgan fingerprint density at radius 3 is 2.26 bits per heavy atom. The Balaban J connectivity index is 2.46. The molecule has 0 saturated heterocycles. The molecule has 1 atom stereocenters. The molecule has 0 bridgehead atoms. The molecule has 100 valence electrons. The van der Waals surface area contributed by atoms with Gasteiger partial charge in [0.05, 0.1) is 7.11 Å². The monoisotopic (exact) mass is 320 g/mol. The summed E-state index contributed by atoms with van der Waals surface area (Å²) in [6, 6.07) is 11.6. The highest BCUT2D eigenvalue weighted by Gasteiger charge is 2.17. The molecule has 0 radical (unpaired) electrons. The number of ether oxygens (including phenoxy) is 1. The van der Waals surface area contributed by atoms with E-state index in [2.05, 4.69) is 15.9 Å². The van der Waals surface area contributed by atoms with Gasteiger partial charge in [-0.2, -0.15) is 0 Å². The van der Waals surface area contributed by atoms with E-state index >= 15 is 0 Å². The first kappa shape index (κ1) is 14.1. The van der Waals surface area contributed by atoms with Gasteiger partial charge in [0.1, 0.15) is 11.9 Å². The second kappa shape index (κ2) is 5.76. The zero-order valence-corrected chi connectivity index (χ0v) is 12.9. The average Bonchev–Trinajstić information content (AvgIpc) is 2.41. The Morgan fingerprint density at radius 2 is 1.68 bits per heavy atom. The maximum atomic E-state index is 10.5. The number of rotatable bonds is 3. The standard InChI is InChI=1S/C16H17BrO2/c1-10-4-9-14(16(19-3)11(10)2)15(18)12-5-7-13(17)8-6-12/h4-9,15,18H,1-3H3. The van der Waals surface area contributed by atoms with Gasteiger partial charge in [-0.1, -0.05) is 40.2 Å². The number of methoxy groups -OCH3 is 1. The molecule has 0 spiro atoms. The maximum absolute atomic E-state index is 10.5. The van der Waals surface area contributed by atoms with E-state index in [-0.39, 0.29) is 0 Å². The van der Waals surface area contributed by atoms with Gasteiger partial charge in [0, 0.05) is 10.0 Å². The summed E-state index contributed by atoms with van der Waals surface area (Å²) in [5.74, 6) is 0.760. The summed E-state index contributed by atoms with van der Waals surface area (Å²) in [6.45, 7) is 4.04. The minimum Gasteiger partial charge on any atom is -0.496 e. The third kappa shape index (κ3) is 2.82. The zero-order chi connectivity index (χ0) is 14.0. The van der Waals surface area contributed by atoms with Crippen LogP contribution in [0.3, 0.4) is 0 Å². The molecule has 0 aromatic heterocycles. The van der Waals surface area contributed by atoms with Crippen molar-refractivity contribution >= 4 is 15.9 Å². The summed E-state index contributed by atoms with van der Waals surface area (Å²) < 4.78 is 6.45. The quantitative estimate of drug-likeness (QED) is 0.920. The second-order valence-corrected chi connectivity index (χ2v) is 5.50. The number of aliphatic hydroxyl groups excluding tert-OH is 1. The number of aliphatic hydroxyl groups is 1.